The molecule has 0 bridgehead atoms. The molecule has 4 aromatic rings. The number of carbonyl (C=O) groups excluding carboxylic acids is 1. The molecule has 6 N–H and O–H groups in total. The highest BCUT2D eigenvalue weighted by molar-refractivity contribution is 5.92. The number of likely N-dealkylation sites (tertiary alicyclic amines) is 1. The van der Waals surface area contributed by atoms with Crippen molar-refractivity contribution >= 4 is 16.9 Å². The number of hydrogen-bond donors (Lipinski definition) is 6. The number of rotatable bonds is 9. The van der Waals surface area contributed by atoms with Gasteiger partial charge in [0.15, 0.2) is 11.9 Å². The van der Waals surface area contributed by atoms with E-state index < -0.39 is 36.3 Å². The maximum atomic E-state index is 10.5. The zero-order valence-corrected chi connectivity index (χ0v) is 26.4. The van der Waals surface area contributed by atoms with E-state index in [1.165, 1.54) is 44.3 Å². The second-order valence-electron chi connectivity index (χ2n) is 11.9. The summed E-state index contributed by atoms with van der Waals surface area (Å²) in [4.78, 5) is 13.0. The number of esters is 1. The molecule has 2 atom stereocenters. The van der Waals surface area contributed by atoms with Crippen molar-refractivity contribution in [1.29, 1.82) is 0 Å². The van der Waals surface area contributed by atoms with E-state index in [2.05, 4.69) is 45.4 Å². The molecule has 250 valence electrons. The van der Waals surface area contributed by atoms with Crippen molar-refractivity contribution in [2.24, 2.45) is 0 Å². The van der Waals surface area contributed by atoms with E-state index >= 15 is 0 Å². The average molecular weight is 647 g/mol. The Morgan fingerprint density at radius 3 is 2.17 bits per heavy atom. The van der Waals surface area contributed by atoms with Crippen molar-refractivity contribution in [3.8, 4) is 28.5 Å². The molecule has 0 aliphatic carbocycles. The Bertz CT molecular complexity index is 1690. The number of aromatic nitrogens is 1. The Hall–Kier alpha value is -4.71. The normalized spacial score (nSPS) is 17.6. The van der Waals surface area contributed by atoms with Crippen molar-refractivity contribution in [3.05, 3.63) is 89.4 Å². The van der Waals surface area contributed by atoms with Crippen LogP contribution < -0.4 is 4.74 Å². The number of phenolic OH excluding ortho intramolecular Hbond substituents is 2. The molecule has 1 fully saturated rings. The summed E-state index contributed by atoms with van der Waals surface area (Å²) >= 11 is 0. The summed E-state index contributed by atoms with van der Waals surface area (Å²) in [5.74, 6) is -1.37. The van der Waals surface area contributed by atoms with Gasteiger partial charge in [-0.2, -0.15) is 0 Å². The molecule has 0 saturated carbocycles. The molecule has 0 amide bonds. The van der Waals surface area contributed by atoms with Crippen LogP contribution in [0.25, 0.3) is 22.2 Å². The minimum atomic E-state index is -1.42. The summed E-state index contributed by atoms with van der Waals surface area (Å²) in [6, 6.07) is 21.2. The van der Waals surface area contributed by atoms with Gasteiger partial charge in [-0.05, 0) is 104 Å². The topological polar surface area (TPSA) is 165 Å². The van der Waals surface area contributed by atoms with Crippen LogP contribution in [0.15, 0.2) is 78.2 Å². The van der Waals surface area contributed by atoms with Crippen LogP contribution in [0.4, 0.5) is 0 Å². The number of nitrogens with zero attached hydrogens (tertiary/aromatic N) is 2. The molecule has 0 unspecified atom stereocenters. The molecule has 1 saturated heterocycles. The fourth-order valence-electron chi connectivity index (χ4n) is 6.01. The first-order chi connectivity index (χ1) is 22.7. The van der Waals surface area contributed by atoms with Gasteiger partial charge in [0, 0.05) is 24.0 Å². The quantitative estimate of drug-likeness (QED) is 0.138. The minimum Gasteiger partial charge on any atom is -0.508 e. The lowest BCUT2D eigenvalue weighted by molar-refractivity contribution is -0.147. The highest BCUT2D eigenvalue weighted by Gasteiger charge is 2.38. The number of cyclic esters (lactones) is 1. The highest BCUT2D eigenvalue weighted by Crippen LogP contribution is 2.36. The van der Waals surface area contributed by atoms with E-state index in [1.54, 1.807) is 18.2 Å². The average Bonchev–Trinajstić information content (AvgIpc) is 3.33. The third-order valence-corrected chi connectivity index (χ3v) is 8.56. The number of fused-ring (bicyclic) bond motifs is 1. The number of hydrogen-bond acceptors (Lipinski definition) is 10. The van der Waals surface area contributed by atoms with Gasteiger partial charge in [0.25, 0.3) is 0 Å². The molecule has 11 nitrogen and oxygen atoms in total. The first-order valence-corrected chi connectivity index (χ1v) is 15.8. The molecule has 2 aliphatic rings. The van der Waals surface area contributed by atoms with Gasteiger partial charge in [-0.1, -0.05) is 25.0 Å². The van der Waals surface area contributed by atoms with Gasteiger partial charge in [0.2, 0.25) is 5.76 Å². The first kappa shape index (κ1) is 33.6. The molecular formula is C36H42N2O9. The van der Waals surface area contributed by atoms with Crippen LogP contribution in [0.5, 0.6) is 17.2 Å². The summed E-state index contributed by atoms with van der Waals surface area (Å²) in [6.07, 6.45) is 2.53. The van der Waals surface area contributed by atoms with Crippen LogP contribution in [-0.2, 0) is 16.1 Å². The number of ether oxygens (including phenoxy) is 2. The summed E-state index contributed by atoms with van der Waals surface area (Å²) in [7, 11) is 0. The van der Waals surface area contributed by atoms with Crippen molar-refractivity contribution in [2.75, 3.05) is 32.8 Å². The minimum absolute atomic E-state index is 0.248. The molecule has 3 aromatic carbocycles. The van der Waals surface area contributed by atoms with Crippen LogP contribution in [0.3, 0.4) is 0 Å². The largest absolute Gasteiger partial charge is 0.508 e. The van der Waals surface area contributed by atoms with Crippen molar-refractivity contribution in [3.63, 3.8) is 0 Å². The molecule has 2 aliphatic heterocycles. The van der Waals surface area contributed by atoms with Gasteiger partial charge in [0.05, 0.1) is 12.3 Å². The first-order valence-electron chi connectivity index (χ1n) is 15.8. The second kappa shape index (κ2) is 15.3. The molecule has 1 aromatic heterocycles. The number of aliphatic hydroxyl groups excluding tert-OH is 4. The predicted octanol–water partition coefficient (Wildman–Crippen LogP) is 4.92. The van der Waals surface area contributed by atoms with E-state index in [4.69, 9.17) is 25.2 Å². The van der Waals surface area contributed by atoms with Crippen molar-refractivity contribution in [2.45, 2.75) is 51.4 Å². The van der Waals surface area contributed by atoms with E-state index in [0.717, 1.165) is 46.6 Å². The van der Waals surface area contributed by atoms with E-state index in [-0.39, 0.29) is 11.5 Å². The van der Waals surface area contributed by atoms with Crippen molar-refractivity contribution in [1.82, 2.24) is 9.47 Å². The number of benzene rings is 3. The third-order valence-electron chi connectivity index (χ3n) is 8.56. The maximum Gasteiger partial charge on any atom is 0.377 e. The predicted molar refractivity (Wildman–Crippen MR) is 177 cm³/mol. The lowest BCUT2D eigenvalue weighted by atomic mass is 10.1. The van der Waals surface area contributed by atoms with Gasteiger partial charge < -0.3 is 44.7 Å². The molecule has 11 heteroatoms. The van der Waals surface area contributed by atoms with Crippen molar-refractivity contribution < 1.29 is 44.9 Å². The number of carbonyl (C=O) groups is 1. The van der Waals surface area contributed by atoms with Gasteiger partial charge >= 0.3 is 5.97 Å². The van der Waals surface area contributed by atoms with Gasteiger partial charge in [-0.3, -0.25) is 4.90 Å². The Labute approximate surface area is 273 Å². The molecule has 0 radical (unpaired) electrons. The zero-order chi connectivity index (χ0) is 33.5. The lowest BCUT2D eigenvalue weighted by Gasteiger charge is -2.19. The van der Waals surface area contributed by atoms with Gasteiger partial charge in [-0.25, -0.2) is 4.79 Å². The summed E-state index contributed by atoms with van der Waals surface area (Å²) in [5.41, 5.74) is 5.47. The van der Waals surface area contributed by atoms with Crippen LogP contribution in [0.1, 0.15) is 36.8 Å². The number of aromatic hydroxyl groups is 2. The number of aliphatic hydroxyl groups is 4. The second-order valence-corrected chi connectivity index (χ2v) is 11.9. The Kier molecular flexibility index (Phi) is 10.9. The third kappa shape index (κ3) is 7.99. The van der Waals surface area contributed by atoms with Gasteiger partial charge in [0.1, 0.15) is 30.0 Å². The number of aryl methyl sites for hydroxylation is 1. The zero-order valence-electron chi connectivity index (χ0n) is 26.4. The monoisotopic (exact) mass is 646 g/mol. The van der Waals surface area contributed by atoms with Gasteiger partial charge in [-0.15, -0.1) is 0 Å². The molecule has 6 rings (SSSR count). The molecular weight excluding hydrogens is 604 g/mol. The SMILES string of the molecule is Cc1c(-c2ccc(O)cc2)n(Cc2ccc(OCCN3CCCCCC3)cc2)c2ccc(O)cc12.O=C1O[C@H]([C@@H](O)CO)C(O)=C1O. The van der Waals surface area contributed by atoms with E-state index in [0.29, 0.717) is 6.54 Å². The Balaban J connectivity index is 0.000000305. The lowest BCUT2D eigenvalue weighted by Crippen LogP contribution is -2.31. The van der Waals surface area contributed by atoms with Crippen LogP contribution in [0, 0.1) is 6.92 Å². The van der Waals surface area contributed by atoms with Crippen LogP contribution in [-0.4, -0.2) is 91.1 Å². The molecule has 0 spiro atoms. The summed E-state index contributed by atoms with van der Waals surface area (Å²) in [5, 5.41) is 55.9. The van der Waals surface area contributed by atoms with E-state index in [1.807, 2.05) is 24.3 Å². The Morgan fingerprint density at radius 2 is 1.55 bits per heavy atom. The highest BCUT2D eigenvalue weighted by atomic mass is 16.6. The fraction of sp³-hybridized carbons (Fsp3) is 0.361. The maximum absolute atomic E-state index is 10.5. The summed E-state index contributed by atoms with van der Waals surface area (Å²) in [6.45, 7) is 6.19. The summed E-state index contributed by atoms with van der Waals surface area (Å²) < 4.78 is 12.6. The van der Waals surface area contributed by atoms with Crippen LogP contribution in [0.2, 0.25) is 0 Å². The molecule has 3 heterocycles. The molecule has 47 heavy (non-hydrogen) atoms. The fourth-order valence-corrected chi connectivity index (χ4v) is 6.01. The standard InChI is InChI=1S/C30H34N2O3.C6H8O6/c1-22-28-20-26(34)12-15-29(28)32(30(22)24-8-10-25(33)11-9-24)21-23-6-13-27(14-7-23)35-19-18-31-16-4-2-3-5-17-31;7-1-2(8)5-3(9)4(10)6(11)12-5/h6-15,20,33-34H,2-5,16-19,21H2,1H3;2,5,7-10H,1H2/t;2-,5+/m.0/s1. The number of phenols is 2. The smallest absolute Gasteiger partial charge is 0.377 e. The Morgan fingerprint density at radius 1 is 0.894 bits per heavy atom. The van der Waals surface area contributed by atoms with Crippen LogP contribution >= 0.6 is 0 Å². The van der Waals surface area contributed by atoms with E-state index in [9.17, 15) is 15.0 Å².